The molecule has 5 heteroatoms. The molecule has 4 rings (SSSR count). The smallest absolute Gasteiger partial charge is 0.410 e. The van der Waals surface area contributed by atoms with Gasteiger partial charge >= 0.3 is 12.1 Å². The topological polar surface area (TPSA) is 66.8 Å². The molecule has 0 heterocycles. The van der Waals surface area contributed by atoms with Crippen LogP contribution in [0.25, 0.3) is 11.1 Å². The zero-order chi connectivity index (χ0) is 22.0. The van der Waals surface area contributed by atoms with Gasteiger partial charge in [0, 0.05) is 12.5 Å². The van der Waals surface area contributed by atoms with Gasteiger partial charge in [-0.05, 0) is 47.9 Å². The number of amides is 1. The summed E-state index contributed by atoms with van der Waals surface area (Å²) in [5.74, 6) is -0.634. The molecule has 164 valence electrons. The molecule has 0 bridgehead atoms. The Labute approximate surface area is 184 Å². The van der Waals surface area contributed by atoms with Crippen LogP contribution in [0.2, 0.25) is 0 Å². The average Bonchev–Trinajstić information content (AvgIpc) is 3.06. The van der Waals surface area contributed by atoms with Gasteiger partial charge in [0.1, 0.15) is 12.1 Å². The fraction of sp³-hybridized carbons (Fsp3) is 0.462. The number of hydrogen-bond acceptors (Lipinski definition) is 3. The molecule has 2 aromatic rings. The van der Waals surface area contributed by atoms with E-state index in [0.717, 1.165) is 30.4 Å². The molecule has 2 aromatic carbocycles. The Morgan fingerprint density at radius 3 is 2.13 bits per heavy atom. The number of nitrogens with zero attached hydrogens (tertiary/aromatic N) is 1. The highest BCUT2D eigenvalue weighted by atomic mass is 16.6. The Morgan fingerprint density at radius 2 is 1.65 bits per heavy atom. The van der Waals surface area contributed by atoms with Crippen LogP contribution in [0.15, 0.2) is 48.5 Å². The largest absolute Gasteiger partial charge is 0.480 e. The number of rotatable bonds is 8. The Bertz CT molecular complexity index is 922. The van der Waals surface area contributed by atoms with Crippen molar-refractivity contribution in [2.75, 3.05) is 13.2 Å². The van der Waals surface area contributed by atoms with E-state index in [1.165, 1.54) is 16.0 Å². The van der Waals surface area contributed by atoms with E-state index in [0.29, 0.717) is 25.3 Å². The number of carbonyl (C=O) groups excluding carboxylic acids is 1. The van der Waals surface area contributed by atoms with Crippen LogP contribution in [0, 0.1) is 5.92 Å². The minimum Gasteiger partial charge on any atom is -0.480 e. The van der Waals surface area contributed by atoms with Crippen molar-refractivity contribution >= 4 is 12.1 Å². The second-order valence-electron chi connectivity index (χ2n) is 9.04. The van der Waals surface area contributed by atoms with Gasteiger partial charge in [-0.2, -0.15) is 0 Å². The standard InChI is InChI=1S/C26H31NO4/c1-3-15-27(26(2,24(28)29)16-18-9-8-10-18)25(30)31-17-23-21-13-6-4-11-19(21)20-12-5-7-14-22(20)23/h4-7,11-14,18,23H,3,8-10,15-17H2,1-2H3,(H,28,29). The number of carboxylic acid groups (broad SMARTS) is 1. The molecule has 2 aliphatic rings. The van der Waals surface area contributed by atoms with E-state index in [2.05, 4.69) is 24.3 Å². The van der Waals surface area contributed by atoms with Crippen molar-refractivity contribution in [1.29, 1.82) is 0 Å². The monoisotopic (exact) mass is 421 g/mol. The maximum absolute atomic E-state index is 13.2. The molecule has 1 N–H and O–H groups in total. The number of carbonyl (C=O) groups is 2. The van der Waals surface area contributed by atoms with Crippen molar-refractivity contribution in [3.8, 4) is 11.1 Å². The fourth-order valence-corrected chi connectivity index (χ4v) is 5.01. The first kappa shape index (κ1) is 21.4. The molecule has 1 amide bonds. The summed E-state index contributed by atoms with van der Waals surface area (Å²) in [6.45, 7) is 4.19. The summed E-state index contributed by atoms with van der Waals surface area (Å²) in [7, 11) is 0. The Kier molecular flexibility index (Phi) is 6.03. The van der Waals surface area contributed by atoms with E-state index in [1.54, 1.807) is 6.92 Å². The molecule has 0 saturated heterocycles. The normalized spacial score (nSPS) is 17.2. The van der Waals surface area contributed by atoms with Gasteiger partial charge < -0.3 is 9.84 Å². The summed E-state index contributed by atoms with van der Waals surface area (Å²) in [5.41, 5.74) is 3.39. The summed E-state index contributed by atoms with van der Waals surface area (Å²) in [6.07, 6.45) is 3.83. The first-order chi connectivity index (χ1) is 15.0. The summed E-state index contributed by atoms with van der Waals surface area (Å²) in [4.78, 5) is 26.9. The van der Waals surface area contributed by atoms with Crippen LogP contribution in [0.1, 0.15) is 63.0 Å². The fourth-order valence-electron chi connectivity index (χ4n) is 5.01. The second-order valence-corrected chi connectivity index (χ2v) is 9.04. The number of benzene rings is 2. The molecule has 0 spiro atoms. The third kappa shape index (κ3) is 3.93. The van der Waals surface area contributed by atoms with E-state index in [1.807, 2.05) is 31.2 Å². The molecule has 31 heavy (non-hydrogen) atoms. The van der Waals surface area contributed by atoms with Gasteiger partial charge in [0.05, 0.1) is 0 Å². The van der Waals surface area contributed by atoms with Crippen LogP contribution in [-0.2, 0) is 9.53 Å². The van der Waals surface area contributed by atoms with Crippen molar-refractivity contribution in [3.05, 3.63) is 59.7 Å². The first-order valence-electron chi connectivity index (χ1n) is 11.3. The maximum atomic E-state index is 13.2. The summed E-state index contributed by atoms with van der Waals surface area (Å²) >= 11 is 0. The van der Waals surface area contributed by atoms with E-state index in [9.17, 15) is 14.7 Å². The van der Waals surface area contributed by atoms with Crippen LogP contribution < -0.4 is 0 Å². The number of aliphatic carboxylic acids is 1. The zero-order valence-electron chi connectivity index (χ0n) is 18.3. The zero-order valence-corrected chi connectivity index (χ0v) is 18.3. The van der Waals surface area contributed by atoms with Crippen LogP contribution in [0.5, 0.6) is 0 Å². The Balaban J connectivity index is 1.54. The highest BCUT2D eigenvalue weighted by Gasteiger charge is 2.45. The van der Waals surface area contributed by atoms with Gasteiger partial charge in [-0.1, -0.05) is 74.7 Å². The highest BCUT2D eigenvalue weighted by molar-refractivity contribution is 5.84. The molecule has 2 aliphatic carbocycles. The average molecular weight is 422 g/mol. The molecule has 1 saturated carbocycles. The summed E-state index contributed by atoms with van der Waals surface area (Å²) in [6, 6.07) is 16.4. The quantitative estimate of drug-likeness (QED) is 0.595. The maximum Gasteiger partial charge on any atom is 0.410 e. The SMILES string of the molecule is CCCN(C(=O)OCC1c2ccccc2-c2ccccc21)C(C)(CC1CCC1)C(=O)O. The predicted molar refractivity (Wildman–Crippen MR) is 120 cm³/mol. The van der Waals surface area contributed by atoms with Gasteiger partial charge in [-0.15, -0.1) is 0 Å². The summed E-state index contributed by atoms with van der Waals surface area (Å²) in [5, 5.41) is 10.0. The lowest BCUT2D eigenvalue weighted by Crippen LogP contribution is -2.57. The number of hydrogen-bond donors (Lipinski definition) is 1. The molecule has 5 nitrogen and oxygen atoms in total. The molecular weight excluding hydrogens is 390 g/mol. The molecule has 0 radical (unpaired) electrons. The van der Waals surface area contributed by atoms with E-state index >= 15 is 0 Å². The van der Waals surface area contributed by atoms with Crippen LogP contribution in [0.3, 0.4) is 0 Å². The second kappa shape index (κ2) is 8.74. The molecule has 1 unspecified atom stereocenters. The van der Waals surface area contributed by atoms with Crippen LogP contribution >= 0.6 is 0 Å². The molecule has 1 atom stereocenters. The van der Waals surface area contributed by atoms with Gasteiger partial charge in [0.15, 0.2) is 0 Å². The lowest BCUT2D eigenvalue weighted by atomic mass is 9.76. The molecular formula is C26H31NO4. The third-order valence-electron chi connectivity index (χ3n) is 6.97. The van der Waals surface area contributed by atoms with Gasteiger partial charge in [0.2, 0.25) is 0 Å². The van der Waals surface area contributed by atoms with Gasteiger partial charge in [0.25, 0.3) is 0 Å². The minimum atomic E-state index is -1.25. The number of carboxylic acids is 1. The van der Waals surface area contributed by atoms with Crippen molar-refractivity contribution in [1.82, 2.24) is 4.90 Å². The third-order valence-corrected chi connectivity index (χ3v) is 6.97. The Hall–Kier alpha value is -2.82. The first-order valence-corrected chi connectivity index (χ1v) is 11.3. The lowest BCUT2D eigenvalue weighted by Gasteiger charge is -2.41. The van der Waals surface area contributed by atoms with E-state index in [4.69, 9.17) is 4.74 Å². The van der Waals surface area contributed by atoms with Crippen molar-refractivity contribution < 1.29 is 19.4 Å². The lowest BCUT2D eigenvalue weighted by molar-refractivity contribution is -0.151. The van der Waals surface area contributed by atoms with E-state index < -0.39 is 17.6 Å². The number of ether oxygens (including phenoxy) is 1. The molecule has 1 fully saturated rings. The van der Waals surface area contributed by atoms with Crippen molar-refractivity contribution in [2.45, 2.75) is 57.4 Å². The van der Waals surface area contributed by atoms with Gasteiger partial charge in [-0.25, -0.2) is 9.59 Å². The Morgan fingerprint density at radius 1 is 1.06 bits per heavy atom. The highest BCUT2D eigenvalue weighted by Crippen LogP contribution is 2.44. The van der Waals surface area contributed by atoms with Crippen molar-refractivity contribution in [3.63, 3.8) is 0 Å². The molecule has 0 aromatic heterocycles. The predicted octanol–water partition coefficient (Wildman–Crippen LogP) is 5.68. The molecule has 0 aliphatic heterocycles. The van der Waals surface area contributed by atoms with Gasteiger partial charge in [-0.3, -0.25) is 4.90 Å². The number of fused-ring (bicyclic) bond motifs is 3. The van der Waals surface area contributed by atoms with E-state index in [-0.39, 0.29) is 12.5 Å². The summed E-state index contributed by atoms with van der Waals surface area (Å²) < 4.78 is 5.81. The van der Waals surface area contributed by atoms with Crippen LogP contribution in [0.4, 0.5) is 4.79 Å². The minimum absolute atomic E-state index is 0.0393. The van der Waals surface area contributed by atoms with Crippen LogP contribution in [-0.4, -0.2) is 40.8 Å². The van der Waals surface area contributed by atoms with Crippen molar-refractivity contribution in [2.24, 2.45) is 5.92 Å².